The zero-order valence-electron chi connectivity index (χ0n) is 12.2. The molecule has 0 N–H and O–H groups in total. The molecule has 2 fully saturated rings. The lowest BCUT2D eigenvalue weighted by molar-refractivity contribution is 0.0957. The van der Waals surface area contributed by atoms with Crippen LogP contribution in [-0.4, -0.2) is 13.7 Å². The van der Waals surface area contributed by atoms with Gasteiger partial charge in [-0.25, -0.2) is 0 Å². The summed E-state index contributed by atoms with van der Waals surface area (Å²) in [6.45, 7) is 3.14. The highest BCUT2D eigenvalue weighted by atomic mass is 16.5. The summed E-state index contributed by atoms with van der Waals surface area (Å²) in [6.07, 6.45) is 16.2. The summed E-state index contributed by atoms with van der Waals surface area (Å²) in [5, 5.41) is 0. The van der Waals surface area contributed by atoms with Crippen molar-refractivity contribution in [1.82, 2.24) is 0 Å². The van der Waals surface area contributed by atoms with Crippen molar-refractivity contribution in [1.29, 1.82) is 0 Å². The van der Waals surface area contributed by atoms with Gasteiger partial charge in [0, 0.05) is 13.7 Å². The number of ether oxygens (including phenoxy) is 1. The third-order valence-corrected chi connectivity index (χ3v) is 5.24. The van der Waals surface area contributed by atoms with Gasteiger partial charge in [0.1, 0.15) is 0 Å². The zero-order chi connectivity index (χ0) is 12.8. The highest BCUT2D eigenvalue weighted by Crippen LogP contribution is 2.41. The molecule has 18 heavy (non-hydrogen) atoms. The molecule has 0 bridgehead atoms. The number of allylic oxidation sites excluding steroid dienone is 2. The molecule has 0 aromatic carbocycles. The summed E-state index contributed by atoms with van der Waals surface area (Å²) in [5.74, 6) is 3.81. The van der Waals surface area contributed by atoms with Crippen molar-refractivity contribution in [3.8, 4) is 0 Å². The van der Waals surface area contributed by atoms with E-state index in [1.54, 1.807) is 0 Å². The van der Waals surface area contributed by atoms with Crippen molar-refractivity contribution in [2.24, 2.45) is 23.7 Å². The minimum atomic E-state index is 0.852. The number of methoxy groups -OCH3 is 1. The van der Waals surface area contributed by atoms with Crippen molar-refractivity contribution < 1.29 is 4.74 Å². The van der Waals surface area contributed by atoms with Crippen LogP contribution >= 0.6 is 0 Å². The maximum Gasteiger partial charge on any atom is 0.0490 e. The quantitative estimate of drug-likeness (QED) is 0.650. The molecule has 2 saturated carbocycles. The molecule has 0 spiro atoms. The topological polar surface area (TPSA) is 9.23 Å². The van der Waals surface area contributed by atoms with Gasteiger partial charge in [0.05, 0.1) is 0 Å². The SMILES string of the molecule is C/C=C/C1CCC(C2CCC(COC)CC2)CC1. The third kappa shape index (κ3) is 3.85. The Hall–Kier alpha value is -0.300. The number of hydrogen-bond acceptors (Lipinski definition) is 1. The van der Waals surface area contributed by atoms with Crippen molar-refractivity contribution in [3.63, 3.8) is 0 Å². The van der Waals surface area contributed by atoms with Gasteiger partial charge < -0.3 is 4.74 Å². The van der Waals surface area contributed by atoms with E-state index in [1.165, 1.54) is 51.4 Å². The molecule has 0 radical (unpaired) electrons. The molecular weight excluding hydrogens is 220 g/mol. The third-order valence-electron chi connectivity index (χ3n) is 5.24. The minimum Gasteiger partial charge on any atom is -0.384 e. The van der Waals surface area contributed by atoms with E-state index in [0.29, 0.717) is 0 Å². The fourth-order valence-electron chi connectivity index (χ4n) is 4.14. The average Bonchev–Trinajstić information content (AvgIpc) is 2.41. The Balaban J connectivity index is 1.71. The lowest BCUT2D eigenvalue weighted by Crippen LogP contribution is -2.26. The van der Waals surface area contributed by atoms with Gasteiger partial charge in [0.15, 0.2) is 0 Å². The minimum absolute atomic E-state index is 0.852. The van der Waals surface area contributed by atoms with Gasteiger partial charge in [-0.3, -0.25) is 0 Å². The lowest BCUT2D eigenvalue weighted by atomic mass is 9.69. The normalized spacial score (nSPS) is 38.1. The lowest BCUT2D eigenvalue weighted by Gasteiger charge is -2.37. The summed E-state index contributed by atoms with van der Waals surface area (Å²) in [7, 11) is 1.84. The Kier molecular flexibility index (Phi) is 5.75. The van der Waals surface area contributed by atoms with Crippen LogP contribution in [0.25, 0.3) is 0 Å². The van der Waals surface area contributed by atoms with E-state index in [9.17, 15) is 0 Å². The molecule has 0 aromatic heterocycles. The van der Waals surface area contributed by atoms with Crippen molar-refractivity contribution in [2.75, 3.05) is 13.7 Å². The first-order valence-corrected chi connectivity index (χ1v) is 7.95. The predicted molar refractivity (Wildman–Crippen MR) is 77.6 cm³/mol. The molecule has 0 aliphatic heterocycles. The molecule has 0 atom stereocenters. The van der Waals surface area contributed by atoms with Gasteiger partial charge in [0.25, 0.3) is 0 Å². The Bertz CT molecular complexity index is 242. The van der Waals surface area contributed by atoms with Crippen LogP contribution in [0.2, 0.25) is 0 Å². The second-order valence-corrected chi connectivity index (χ2v) is 6.44. The second kappa shape index (κ2) is 7.33. The standard InChI is InChI=1S/C17H30O/c1-3-4-14-5-9-16(10-6-14)17-11-7-15(8-12-17)13-18-2/h3-4,14-17H,5-13H2,1-2H3/b4-3+. The Morgan fingerprint density at radius 2 is 1.44 bits per heavy atom. The zero-order valence-corrected chi connectivity index (χ0v) is 12.2. The predicted octanol–water partition coefficient (Wildman–Crippen LogP) is 4.82. The van der Waals surface area contributed by atoms with Crippen LogP contribution in [0.1, 0.15) is 58.3 Å². The van der Waals surface area contributed by atoms with E-state index in [1.807, 2.05) is 7.11 Å². The highest BCUT2D eigenvalue weighted by molar-refractivity contribution is 4.90. The van der Waals surface area contributed by atoms with Crippen LogP contribution in [0.4, 0.5) is 0 Å². The van der Waals surface area contributed by atoms with Gasteiger partial charge in [-0.05, 0) is 82.0 Å². The van der Waals surface area contributed by atoms with Gasteiger partial charge in [-0.15, -0.1) is 0 Å². The largest absolute Gasteiger partial charge is 0.384 e. The van der Waals surface area contributed by atoms with E-state index in [0.717, 1.165) is 30.3 Å². The monoisotopic (exact) mass is 250 g/mol. The van der Waals surface area contributed by atoms with Crippen molar-refractivity contribution in [2.45, 2.75) is 58.3 Å². The maximum atomic E-state index is 5.30. The van der Waals surface area contributed by atoms with Gasteiger partial charge in [-0.2, -0.15) is 0 Å². The molecule has 0 aromatic rings. The van der Waals surface area contributed by atoms with Gasteiger partial charge in [0.2, 0.25) is 0 Å². The van der Waals surface area contributed by atoms with E-state index in [-0.39, 0.29) is 0 Å². The molecule has 2 aliphatic rings. The van der Waals surface area contributed by atoms with E-state index >= 15 is 0 Å². The second-order valence-electron chi connectivity index (χ2n) is 6.44. The van der Waals surface area contributed by atoms with Gasteiger partial charge in [-0.1, -0.05) is 12.2 Å². The van der Waals surface area contributed by atoms with E-state index in [4.69, 9.17) is 4.74 Å². The average molecular weight is 250 g/mol. The number of hydrogen-bond donors (Lipinski definition) is 0. The van der Waals surface area contributed by atoms with Crippen LogP contribution in [0.15, 0.2) is 12.2 Å². The van der Waals surface area contributed by atoms with E-state index < -0.39 is 0 Å². The van der Waals surface area contributed by atoms with Crippen molar-refractivity contribution >= 4 is 0 Å². The van der Waals surface area contributed by atoms with Crippen LogP contribution < -0.4 is 0 Å². The summed E-state index contributed by atoms with van der Waals surface area (Å²) in [5.41, 5.74) is 0. The van der Waals surface area contributed by atoms with Crippen LogP contribution in [0.3, 0.4) is 0 Å². The fraction of sp³-hybridized carbons (Fsp3) is 0.882. The summed E-state index contributed by atoms with van der Waals surface area (Å²) >= 11 is 0. The molecule has 0 heterocycles. The molecule has 0 saturated heterocycles. The molecule has 0 amide bonds. The maximum absolute atomic E-state index is 5.30. The summed E-state index contributed by atoms with van der Waals surface area (Å²) in [4.78, 5) is 0. The first kappa shape index (κ1) is 14.1. The molecular formula is C17H30O. The molecule has 2 aliphatic carbocycles. The summed E-state index contributed by atoms with van der Waals surface area (Å²) < 4.78 is 5.30. The molecule has 1 heteroatoms. The van der Waals surface area contributed by atoms with Crippen molar-refractivity contribution in [3.05, 3.63) is 12.2 Å². The van der Waals surface area contributed by atoms with Crippen LogP contribution in [0.5, 0.6) is 0 Å². The van der Waals surface area contributed by atoms with E-state index in [2.05, 4.69) is 19.1 Å². The molecule has 1 nitrogen and oxygen atoms in total. The van der Waals surface area contributed by atoms with Gasteiger partial charge >= 0.3 is 0 Å². The smallest absolute Gasteiger partial charge is 0.0490 e. The Labute approximate surface area is 113 Å². The Morgan fingerprint density at radius 3 is 1.94 bits per heavy atom. The molecule has 104 valence electrons. The first-order chi connectivity index (χ1) is 8.83. The number of rotatable bonds is 4. The fourth-order valence-corrected chi connectivity index (χ4v) is 4.14. The molecule has 0 unspecified atom stereocenters. The summed E-state index contributed by atoms with van der Waals surface area (Å²) in [6, 6.07) is 0. The Morgan fingerprint density at radius 1 is 0.889 bits per heavy atom. The molecule has 2 rings (SSSR count). The van der Waals surface area contributed by atoms with Crippen LogP contribution in [0, 0.1) is 23.7 Å². The first-order valence-electron chi connectivity index (χ1n) is 7.95. The highest BCUT2D eigenvalue weighted by Gasteiger charge is 2.30. The van der Waals surface area contributed by atoms with Crippen LogP contribution in [-0.2, 0) is 4.74 Å².